The molecule has 2 heterocycles. The number of carbonyl (C=O) groups is 1. The Balaban J connectivity index is 2.36. The van der Waals surface area contributed by atoms with Crippen molar-refractivity contribution >= 4 is 16.9 Å². The molecule has 0 unspecified atom stereocenters. The molecule has 0 spiro atoms. The maximum absolute atomic E-state index is 11.7. The van der Waals surface area contributed by atoms with Crippen molar-refractivity contribution in [1.82, 2.24) is 9.97 Å². The number of aromatic amines is 1. The summed E-state index contributed by atoms with van der Waals surface area (Å²) < 4.78 is 0. The molecule has 0 saturated heterocycles. The van der Waals surface area contributed by atoms with Crippen molar-refractivity contribution in [3.63, 3.8) is 0 Å². The van der Waals surface area contributed by atoms with Gasteiger partial charge < -0.3 is 15.2 Å². The van der Waals surface area contributed by atoms with Gasteiger partial charge >= 0.3 is 5.97 Å². The van der Waals surface area contributed by atoms with E-state index in [1.165, 1.54) is 24.4 Å². The molecule has 0 fully saturated rings. The number of aromatic hydroxyl groups is 1. The lowest BCUT2D eigenvalue weighted by atomic mass is 10.0. The summed E-state index contributed by atoms with van der Waals surface area (Å²) in [5.41, 5.74) is 0.587. The Morgan fingerprint density at radius 3 is 2.71 bits per heavy atom. The van der Waals surface area contributed by atoms with Crippen LogP contribution in [0.3, 0.4) is 0 Å². The van der Waals surface area contributed by atoms with Crippen molar-refractivity contribution < 1.29 is 15.0 Å². The van der Waals surface area contributed by atoms with Gasteiger partial charge in [0.1, 0.15) is 11.3 Å². The summed E-state index contributed by atoms with van der Waals surface area (Å²) in [5, 5.41) is 19.1. The highest BCUT2D eigenvalue weighted by atomic mass is 16.4. The van der Waals surface area contributed by atoms with Crippen molar-refractivity contribution in [1.29, 1.82) is 0 Å². The van der Waals surface area contributed by atoms with Gasteiger partial charge in [-0.3, -0.25) is 9.78 Å². The second-order valence-corrected chi connectivity index (χ2v) is 4.49. The zero-order valence-corrected chi connectivity index (χ0v) is 10.7. The molecule has 0 aliphatic carbocycles. The zero-order valence-electron chi connectivity index (χ0n) is 10.7. The summed E-state index contributed by atoms with van der Waals surface area (Å²) in [6.45, 7) is 0. The Morgan fingerprint density at radius 1 is 1.19 bits per heavy atom. The molecule has 6 nitrogen and oxygen atoms in total. The van der Waals surface area contributed by atoms with Crippen LogP contribution in [0.15, 0.2) is 47.4 Å². The molecular formula is C15H10N2O4. The van der Waals surface area contributed by atoms with Gasteiger partial charge in [-0.1, -0.05) is 12.1 Å². The Kier molecular flexibility index (Phi) is 2.91. The van der Waals surface area contributed by atoms with E-state index in [-0.39, 0.29) is 11.3 Å². The van der Waals surface area contributed by atoms with E-state index in [9.17, 15) is 14.7 Å². The summed E-state index contributed by atoms with van der Waals surface area (Å²) in [5.74, 6) is -1.22. The zero-order chi connectivity index (χ0) is 15.0. The topological polar surface area (TPSA) is 103 Å². The van der Waals surface area contributed by atoms with E-state index in [1.807, 2.05) is 0 Å². The van der Waals surface area contributed by atoms with Crippen molar-refractivity contribution in [2.45, 2.75) is 0 Å². The monoisotopic (exact) mass is 282 g/mol. The van der Waals surface area contributed by atoms with Crippen LogP contribution in [0.4, 0.5) is 0 Å². The van der Waals surface area contributed by atoms with Gasteiger partial charge in [-0.05, 0) is 24.3 Å². The van der Waals surface area contributed by atoms with Crippen molar-refractivity contribution in [2.75, 3.05) is 0 Å². The summed E-state index contributed by atoms with van der Waals surface area (Å²) >= 11 is 0. The van der Waals surface area contributed by atoms with Gasteiger partial charge in [-0.25, -0.2) is 4.79 Å². The Hall–Kier alpha value is -3.15. The Labute approximate surface area is 118 Å². The van der Waals surface area contributed by atoms with E-state index >= 15 is 0 Å². The number of phenolic OH excluding ortho intramolecular Hbond substituents is 1. The third-order valence-electron chi connectivity index (χ3n) is 3.12. The first-order valence-electron chi connectivity index (χ1n) is 6.11. The lowest BCUT2D eigenvalue weighted by molar-refractivity contribution is 0.0695. The molecule has 1 aromatic carbocycles. The number of phenols is 1. The van der Waals surface area contributed by atoms with Crippen LogP contribution in [0.5, 0.6) is 5.75 Å². The van der Waals surface area contributed by atoms with Crippen molar-refractivity contribution in [2.24, 2.45) is 0 Å². The van der Waals surface area contributed by atoms with Gasteiger partial charge in [0.15, 0.2) is 0 Å². The highest BCUT2D eigenvalue weighted by Gasteiger charge is 2.13. The number of aromatic nitrogens is 2. The molecule has 0 amide bonds. The van der Waals surface area contributed by atoms with E-state index in [4.69, 9.17) is 5.11 Å². The minimum Gasteiger partial charge on any atom is -0.508 e. The Morgan fingerprint density at radius 2 is 2.00 bits per heavy atom. The lowest BCUT2D eigenvalue weighted by Crippen LogP contribution is -2.17. The van der Waals surface area contributed by atoms with Gasteiger partial charge in [0.25, 0.3) is 5.56 Å². The summed E-state index contributed by atoms with van der Waals surface area (Å²) in [6.07, 6.45) is 1.51. The lowest BCUT2D eigenvalue weighted by Gasteiger charge is -2.07. The Bertz CT molecular complexity index is 915. The molecule has 6 heteroatoms. The first-order valence-corrected chi connectivity index (χ1v) is 6.11. The van der Waals surface area contributed by atoms with Crippen LogP contribution in [-0.2, 0) is 0 Å². The van der Waals surface area contributed by atoms with Crippen LogP contribution < -0.4 is 5.56 Å². The molecule has 3 aromatic rings. The number of carboxylic acid groups (broad SMARTS) is 1. The number of pyridine rings is 2. The normalized spacial score (nSPS) is 10.7. The number of nitrogens with one attached hydrogen (secondary N) is 1. The first-order chi connectivity index (χ1) is 10.1. The number of hydrogen-bond acceptors (Lipinski definition) is 4. The van der Waals surface area contributed by atoms with Crippen LogP contribution in [0.25, 0.3) is 22.2 Å². The van der Waals surface area contributed by atoms with Crippen molar-refractivity contribution in [3.8, 4) is 17.0 Å². The fraction of sp³-hybridized carbons (Fsp3) is 0. The predicted molar refractivity (Wildman–Crippen MR) is 76.4 cm³/mol. The smallest absolute Gasteiger partial charge is 0.341 e. The molecule has 104 valence electrons. The molecule has 0 aliphatic rings. The third-order valence-corrected chi connectivity index (χ3v) is 3.12. The molecule has 0 aliphatic heterocycles. The third kappa shape index (κ3) is 2.23. The standard InChI is InChI=1S/C15H10N2O4/c18-9-3-1-2-8(6-9)13-10-7-11(15(20)21)14(19)17-12(10)4-5-16-13/h1-7,18H,(H,17,19)(H,20,21). The number of hydrogen-bond donors (Lipinski definition) is 3. The molecule has 0 bridgehead atoms. The fourth-order valence-corrected chi connectivity index (χ4v) is 2.17. The van der Waals surface area contributed by atoms with E-state index in [0.29, 0.717) is 22.2 Å². The molecule has 2 aromatic heterocycles. The molecule has 3 rings (SSSR count). The largest absolute Gasteiger partial charge is 0.508 e. The maximum atomic E-state index is 11.7. The van der Waals surface area contributed by atoms with E-state index in [1.54, 1.807) is 18.2 Å². The maximum Gasteiger partial charge on any atom is 0.341 e. The molecule has 21 heavy (non-hydrogen) atoms. The number of H-pyrrole nitrogens is 1. The van der Waals surface area contributed by atoms with Gasteiger partial charge in [-0.15, -0.1) is 0 Å². The molecule has 0 atom stereocenters. The quantitative estimate of drug-likeness (QED) is 0.667. The number of fused-ring (bicyclic) bond motifs is 1. The molecular weight excluding hydrogens is 272 g/mol. The van der Waals surface area contributed by atoms with Crippen LogP contribution in [0.2, 0.25) is 0 Å². The minimum atomic E-state index is -1.30. The predicted octanol–water partition coefficient (Wildman–Crippen LogP) is 1.99. The molecule has 0 saturated carbocycles. The molecule has 3 N–H and O–H groups in total. The summed E-state index contributed by atoms with van der Waals surface area (Å²) in [4.78, 5) is 29.5. The number of nitrogens with zero attached hydrogens (tertiary/aromatic N) is 1. The van der Waals surface area contributed by atoms with Gasteiger partial charge in [0, 0.05) is 17.1 Å². The van der Waals surface area contributed by atoms with Crippen LogP contribution in [-0.4, -0.2) is 26.2 Å². The summed E-state index contributed by atoms with van der Waals surface area (Å²) in [6, 6.07) is 9.34. The second kappa shape index (κ2) is 4.75. The number of benzene rings is 1. The highest BCUT2D eigenvalue weighted by Crippen LogP contribution is 2.27. The number of carboxylic acids is 1. The van der Waals surface area contributed by atoms with Gasteiger partial charge in [-0.2, -0.15) is 0 Å². The summed E-state index contributed by atoms with van der Waals surface area (Å²) in [7, 11) is 0. The van der Waals surface area contributed by atoms with E-state index in [0.717, 1.165) is 0 Å². The van der Waals surface area contributed by atoms with Crippen molar-refractivity contribution in [3.05, 3.63) is 58.5 Å². The minimum absolute atomic E-state index is 0.0779. The van der Waals surface area contributed by atoms with Gasteiger partial charge in [0.05, 0.1) is 11.2 Å². The van der Waals surface area contributed by atoms with Crippen LogP contribution in [0, 0.1) is 0 Å². The first kappa shape index (κ1) is 12.9. The number of aromatic carboxylic acids is 1. The second-order valence-electron chi connectivity index (χ2n) is 4.49. The van der Waals surface area contributed by atoms with E-state index < -0.39 is 11.5 Å². The SMILES string of the molecule is O=C(O)c1cc2c(-c3cccc(O)c3)nccc2[nH]c1=O. The fourth-order valence-electron chi connectivity index (χ4n) is 2.17. The molecule has 0 radical (unpaired) electrons. The average Bonchev–Trinajstić information content (AvgIpc) is 2.45. The number of rotatable bonds is 2. The van der Waals surface area contributed by atoms with E-state index in [2.05, 4.69) is 9.97 Å². The van der Waals surface area contributed by atoms with Crippen LogP contribution in [0.1, 0.15) is 10.4 Å². The van der Waals surface area contributed by atoms with Gasteiger partial charge in [0.2, 0.25) is 0 Å². The highest BCUT2D eigenvalue weighted by molar-refractivity contribution is 5.97. The van der Waals surface area contributed by atoms with Crippen LogP contribution >= 0.6 is 0 Å². The average molecular weight is 282 g/mol.